The number of nitrogens with zero attached hydrogens (tertiary/aromatic N) is 2. The highest BCUT2D eigenvalue weighted by molar-refractivity contribution is 5.94. The van der Waals surface area contributed by atoms with Gasteiger partial charge in [-0.1, -0.05) is 0 Å². The van der Waals surface area contributed by atoms with Crippen molar-refractivity contribution in [1.29, 1.82) is 0 Å². The van der Waals surface area contributed by atoms with Crippen LogP contribution in [0.1, 0.15) is 23.2 Å². The number of aromatic nitrogens is 1. The van der Waals surface area contributed by atoms with E-state index in [1.165, 1.54) is 0 Å². The largest absolute Gasteiger partial charge is 0.381 e. The summed E-state index contributed by atoms with van der Waals surface area (Å²) in [5.41, 5.74) is 1.72. The van der Waals surface area contributed by atoms with E-state index in [4.69, 9.17) is 4.74 Å². The van der Waals surface area contributed by atoms with Gasteiger partial charge in [-0.25, -0.2) is 0 Å². The fourth-order valence-corrected chi connectivity index (χ4v) is 3.17. The molecule has 1 N–H and O–H groups in total. The molecule has 0 saturated carbocycles. The van der Waals surface area contributed by atoms with Gasteiger partial charge < -0.3 is 19.5 Å². The molecule has 2 heterocycles. The second kappa shape index (κ2) is 7.20. The summed E-state index contributed by atoms with van der Waals surface area (Å²) in [6, 6.07) is 11.6. The topological polar surface area (TPSA) is 46.5 Å². The molecule has 0 unspecified atom stereocenters. The predicted octanol–water partition coefficient (Wildman–Crippen LogP) is 2.32. The van der Waals surface area contributed by atoms with E-state index in [2.05, 4.69) is 24.3 Å². The van der Waals surface area contributed by atoms with E-state index in [1.54, 1.807) is 0 Å². The Balaban J connectivity index is 1.64. The zero-order valence-electron chi connectivity index (χ0n) is 14.4. The van der Waals surface area contributed by atoms with Gasteiger partial charge in [0.15, 0.2) is 0 Å². The summed E-state index contributed by atoms with van der Waals surface area (Å²) in [5.74, 6) is -0.0261. The first kappa shape index (κ1) is 16.7. The van der Waals surface area contributed by atoms with Gasteiger partial charge in [0.05, 0.1) is 0 Å². The Morgan fingerprint density at radius 1 is 1.17 bits per heavy atom. The molecule has 0 atom stereocenters. The molecule has 3 rings (SSSR count). The average molecular weight is 327 g/mol. The summed E-state index contributed by atoms with van der Waals surface area (Å²) in [5, 5.41) is 3.10. The highest BCUT2D eigenvalue weighted by Gasteiger charge is 2.35. The molecule has 1 aromatic carbocycles. The Hall–Kier alpha value is -2.11. The summed E-state index contributed by atoms with van der Waals surface area (Å²) in [6.07, 6.45) is 5.85. The van der Waals surface area contributed by atoms with Crippen molar-refractivity contribution in [3.63, 3.8) is 0 Å². The third-order valence-electron chi connectivity index (χ3n) is 4.98. The van der Waals surface area contributed by atoms with Crippen LogP contribution in [-0.4, -0.2) is 54.8 Å². The number of likely N-dealkylation sites (N-methyl/N-ethyl adjacent to an activating group) is 1. The minimum Gasteiger partial charge on any atom is -0.381 e. The summed E-state index contributed by atoms with van der Waals surface area (Å²) >= 11 is 0. The van der Waals surface area contributed by atoms with E-state index in [9.17, 15) is 4.79 Å². The number of ether oxygens (including phenoxy) is 1. The number of carbonyl (C=O) groups is 1. The van der Waals surface area contributed by atoms with Gasteiger partial charge >= 0.3 is 0 Å². The third kappa shape index (κ3) is 3.52. The van der Waals surface area contributed by atoms with Gasteiger partial charge in [0.25, 0.3) is 5.91 Å². The summed E-state index contributed by atoms with van der Waals surface area (Å²) < 4.78 is 7.49. The van der Waals surface area contributed by atoms with E-state index < -0.39 is 0 Å². The zero-order chi connectivity index (χ0) is 17.0. The van der Waals surface area contributed by atoms with E-state index in [0.29, 0.717) is 12.1 Å². The fraction of sp³-hybridized carbons (Fsp3) is 0.421. The van der Waals surface area contributed by atoms with E-state index >= 15 is 0 Å². The van der Waals surface area contributed by atoms with Crippen LogP contribution in [0, 0.1) is 0 Å². The highest BCUT2D eigenvalue weighted by Crippen LogP contribution is 2.25. The average Bonchev–Trinajstić information content (AvgIpc) is 3.15. The lowest BCUT2D eigenvalue weighted by Crippen LogP contribution is -2.55. The van der Waals surface area contributed by atoms with Crippen molar-refractivity contribution in [1.82, 2.24) is 14.8 Å². The third-order valence-corrected chi connectivity index (χ3v) is 4.98. The SMILES string of the molecule is CN(C)C1(CNC(=O)c2ccc(-n3cccc3)cc2)CCOCC1. The minimum atomic E-state index is -0.0261. The first-order chi connectivity index (χ1) is 11.6. The van der Waals surface area contributed by atoms with Gasteiger partial charge in [0, 0.05) is 48.9 Å². The second-order valence-electron chi connectivity index (χ2n) is 6.55. The summed E-state index contributed by atoms with van der Waals surface area (Å²) in [4.78, 5) is 14.7. The predicted molar refractivity (Wildman–Crippen MR) is 94.6 cm³/mol. The molecule has 1 aromatic heterocycles. The Morgan fingerprint density at radius 3 is 2.38 bits per heavy atom. The van der Waals surface area contributed by atoms with Gasteiger partial charge in [0.2, 0.25) is 0 Å². The lowest BCUT2D eigenvalue weighted by Gasteiger charge is -2.42. The van der Waals surface area contributed by atoms with Gasteiger partial charge in [-0.05, 0) is 63.3 Å². The van der Waals surface area contributed by atoms with Crippen molar-refractivity contribution in [2.45, 2.75) is 18.4 Å². The van der Waals surface area contributed by atoms with Crippen molar-refractivity contribution >= 4 is 5.91 Å². The maximum absolute atomic E-state index is 12.5. The van der Waals surface area contributed by atoms with Crippen LogP contribution in [0.15, 0.2) is 48.8 Å². The van der Waals surface area contributed by atoms with Crippen LogP contribution in [0.25, 0.3) is 5.69 Å². The molecule has 1 saturated heterocycles. The van der Waals surface area contributed by atoms with Crippen LogP contribution in [0.2, 0.25) is 0 Å². The van der Waals surface area contributed by atoms with Crippen LogP contribution in [0.3, 0.4) is 0 Å². The number of hydrogen-bond acceptors (Lipinski definition) is 3. The second-order valence-corrected chi connectivity index (χ2v) is 6.55. The van der Waals surface area contributed by atoms with Crippen LogP contribution in [0.4, 0.5) is 0 Å². The number of benzene rings is 1. The lowest BCUT2D eigenvalue weighted by molar-refractivity contribution is -0.00657. The molecule has 1 aliphatic heterocycles. The normalized spacial score (nSPS) is 17.0. The monoisotopic (exact) mass is 327 g/mol. The summed E-state index contributed by atoms with van der Waals surface area (Å²) in [6.45, 7) is 2.14. The molecular formula is C19H25N3O2. The molecule has 24 heavy (non-hydrogen) atoms. The van der Waals surface area contributed by atoms with Crippen LogP contribution < -0.4 is 5.32 Å². The van der Waals surface area contributed by atoms with Crippen molar-refractivity contribution in [2.24, 2.45) is 0 Å². The standard InChI is InChI=1S/C19H25N3O2/c1-21(2)19(9-13-24-14-10-19)15-20-18(23)16-5-7-17(8-6-16)22-11-3-4-12-22/h3-8,11-12H,9-10,13-15H2,1-2H3,(H,20,23). The minimum absolute atomic E-state index is 0.0149. The number of hydrogen-bond donors (Lipinski definition) is 1. The van der Waals surface area contributed by atoms with Crippen LogP contribution in [-0.2, 0) is 4.74 Å². The molecule has 0 aliphatic carbocycles. The van der Waals surface area contributed by atoms with Crippen molar-refractivity contribution in [2.75, 3.05) is 33.9 Å². The Labute approximate surface area is 143 Å². The van der Waals surface area contributed by atoms with E-state index in [-0.39, 0.29) is 11.4 Å². The Bertz CT molecular complexity index is 656. The maximum atomic E-state index is 12.5. The van der Waals surface area contributed by atoms with Crippen molar-refractivity contribution in [3.05, 3.63) is 54.4 Å². The van der Waals surface area contributed by atoms with Crippen LogP contribution >= 0.6 is 0 Å². The van der Waals surface area contributed by atoms with Crippen molar-refractivity contribution < 1.29 is 9.53 Å². The molecule has 1 fully saturated rings. The van der Waals surface area contributed by atoms with Crippen LogP contribution in [0.5, 0.6) is 0 Å². The Kier molecular flexibility index (Phi) is 5.02. The molecule has 1 aliphatic rings. The summed E-state index contributed by atoms with van der Waals surface area (Å²) in [7, 11) is 4.15. The van der Waals surface area contributed by atoms with Gasteiger partial charge in [-0.15, -0.1) is 0 Å². The molecule has 5 heteroatoms. The van der Waals surface area contributed by atoms with E-state index in [1.807, 2.05) is 53.4 Å². The molecule has 0 spiro atoms. The fourth-order valence-electron chi connectivity index (χ4n) is 3.17. The highest BCUT2D eigenvalue weighted by atomic mass is 16.5. The van der Waals surface area contributed by atoms with Gasteiger partial charge in [-0.3, -0.25) is 4.79 Å². The molecule has 0 radical (unpaired) electrons. The zero-order valence-corrected chi connectivity index (χ0v) is 14.4. The quantitative estimate of drug-likeness (QED) is 0.917. The van der Waals surface area contributed by atoms with Gasteiger partial charge in [0.1, 0.15) is 0 Å². The number of nitrogens with one attached hydrogen (secondary N) is 1. The first-order valence-corrected chi connectivity index (χ1v) is 8.38. The number of amides is 1. The maximum Gasteiger partial charge on any atom is 0.251 e. The molecule has 0 bridgehead atoms. The molecule has 5 nitrogen and oxygen atoms in total. The Morgan fingerprint density at radius 2 is 1.79 bits per heavy atom. The first-order valence-electron chi connectivity index (χ1n) is 8.38. The molecule has 128 valence electrons. The smallest absolute Gasteiger partial charge is 0.251 e. The lowest BCUT2D eigenvalue weighted by atomic mass is 9.88. The van der Waals surface area contributed by atoms with E-state index in [0.717, 1.165) is 31.7 Å². The molecular weight excluding hydrogens is 302 g/mol. The van der Waals surface area contributed by atoms with Crippen molar-refractivity contribution in [3.8, 4) is 5.69 Å². The number of rotatable bonds is 5. The number of carbonyl (C=O) groups excluding carboxylic acids is 1. The molecule has 1 amide bonds. The van der Waals surface area contributed by atoms with Gasteiger partial charge in [-0.2, -0.15) is 0 Å². The molecule has 2 aromatic rings.